The normalized spacial score (nSPS) is 11.4. The van der Waals surface area contributed by atoms with Crippen molar-refractivity contribution in [3.05, 3.63) is 75.7 Å². The number of fused-ring (bicyclic) bond motifs is 1. The Morgan fingerprint density at radius 1 is 0.969 bits per heavy atom. The van der Waals surface area contributed by atoms with E-state index in [1.165, 1.54) is 10.7 Å². The van der Waals surface area contributed by atoms with Gasteiger partial charge in [-0.3, -0.25) is 25.2 Å². The Kier molecular flexibility index (Phi) is 6.92. The van der Waals surface area contributed by atoms with Gasteiger partial charge in [-0.1, -0.05) is 44.0 Å². The van der Waals surface area contributed by atoms with Gasteiger partial charge in [0.05, 0.1) is 10.9 Å². The number of aromatic nitrogens is 2. The number of unbranched alkanes of at least 4 members (excludes halogenated alkanes) is 2. The smallest absolute Gasteiger partial charge is 0.267 e. The van der Waals surface area contributed by atoms with Gasteiger partial charge in [-0.25, -0.2) is 4.68 Å². The second-order valence-electron chi connectivity index (χ2n) is 7.12. The summed E-state index contributed by atoms with van der Waals surface area (Å²) in [5.41, 5.74) is 2.58. The van der Waals surface area contributed by atoms with E-state index in [-0.39, 0.29) is 16.8 Å². The molecule has 1 heterocycles. The number of benzene rings is 2. The molecule has 0 aliphatic heterocycles. The second-order valence-corrected chi connectivity index (χ2v) is 7.12. The molecule has 32 heavy (non-hydrogen) atoms. The number of nitrogens with one attached hydrogen (secondary N) is 2. The molecule has 0 unspecified atom stereocenters. The van der Waals surface area contributed by atoms with Crippen molar-refractivity contribution in [1.29, 1.82) is 0 Å². The number of hydrazine groups is 1. The first-order chi connectivity index (χ1) is 15.2. The minimum Gasteiger partial charge on any atom is -0.267 e. The van der Waals surface area contributed by atoms with E-state index in [0.29, 0.717) is 29.8 Å². The SMILES string of the molecule is CCCCCn1nc(C(=O)NNC(=O)c2cccc(C(F)(F)F)c2)c2ccccc2c1=O. The van der Waals surface area contributed by atoms with Crippen LogP contribution in [0.2, 0.25) is 0 Å². The van der Waals surface area contributed by atoms with E-state index in [1.54, 1.807) is 24.3 Å². The Hall–Kier alpha value is -3.69. The lowest BCUT2D eigenvalue weighted by molar-refractivity contribution is -0.137. The molecule has 0 aliphatic rings. The molecule has 168 valence electrons. The summed E-state index contributed by atoms with van der Waals surface area (Å²) in [7, 11) is 0. The zero-order valence-corrected chi connectivity index (χ0v) is 17.2. The van der Waals surface area contributed by atoms with Crippen LogP contribution < -0.4 is 16.4 Å². The first-order valence-electron chi connectivity index (χ1n) is 10.00. The number of rotatable bonds is 6. The summed E-state index contributed by atoms with van der Waals surface area (Å²) in [6.07, 6.45) is -2.07. The average molecular weight is 446 g/mol. The quantitative estimate of drug-likeness (QED) is 0.446. The molecule has 0 aliphatic carbocycles. The van der Waals surface area contributed by atoms with Gasteiger partial charge in [0.1, 0.15) is 0 Å². The first-order valence-corrected chi connectivity index (χ1v) is 10.00. The van der Waals surface area contributed by atoms with Gasteiger partial charge in [-0.15, -0.1) is 0 Å². The van der Waals surface area contributed by atoms with E-state index in [0.717, 1.165) is 25.0 Å². The van der Waals surface area contributed by atoms with E-state index >= 15 is 0 Å². The van der Waals surface area contributed by atoms with Gasteiger partial charge in [-0.05, 0) is 30.7 Å². The summed E-state index contributed by atoms with van der Waals surface area (Å²) in [5.74, 6) is -1.73. The average Bonchev–Trinajstić information content (AvgIpc) is 2.78. The lowest BCUT2D eigenvalue weighted by atomic mass is 10.1. The van der Waals surface area contributed by atoms with Crippen LogP contribution in [0.25, 0.3) is 10.8 Å². The molecule has 2 N–H and O–H groups in total. The van der Waals surface area contributed by atoms with Crippen molar-refractivity contribution in [2.75, 3.05) is 0 Å². The summed E-state index contributed by atoms with van der Waals surface area (Å²) in [4.78, 5) is 37.6. The maximum atomic E-state index is 12.9. The van der Waals surface area contributed by atoms with Crippen LogP contribution in [0.1, 0.15) is 52.6 Å². The highest BCUT2D eigenvalue weighted by molar-refractivity contribution is 6.06. The number of amides is 2. The predicted molar refractivity (Wildman–Crippen MR) is 112 cm³/mol. The number of alkyl halides is 3. The molecule has 0 atom stereocenters. The summed E-state index contributed by atoms with van der Waals surface area (Å²) in [6.45, 7) is 2.34. The Labute approximate surface area is 181 Å². The zero-order valence-electron chi connectivity index (χ0n) is 17.2. The molecule has 10 heteroatoms. The summed E-state index contributed by atoms with van der Waals surface area (Å²) in [6, 6.07) is 10.3. The fourth-order valence-corrected chi connectivity index (χ4v) is 3.15. The highest BCUT2D eigenvalue weighted by atomic mass is 19.4. The van der Waals surface area contributed by atoms with E-state index in [9.17, 15) is 27.6 Å². The number of carbonyl (C=O) groups is 2. The van der Waals surface area contributed by atoms with Crippen molar-refractivity contribution in [1.82, 2.24) is 20.6 Å². The number of halogens is 3. The van der Waals surface area contributed by atoms with Crippen LogP contribution in [0.15, 0.2) is 53.3 Å². The van der Waals surface area contributed by atoms with E-state index in [1.807, 2.05) is 6.92 Å². The van der Waals surface area contributed by atoms with Crippen molar-refractivity contribution in [3.8, 4) is 0 Å². The van der Waals surface area contributed by atoms with E-state index < -0.39 is 23.6 Å². The molecule has 3 rings (SSSR count). The molecule has 2 amide bonds. The van der Waals surface area contributed by atoms with Gasteiger partial charge in [0, 0.05) is 17.5 Å². The molecule has 3 aromatic rings. The van der Waals surface area contributed by atoms with Crippen molar-refractivity contribution >= 4 is 22.6 Å². The molecule has 0 spiro atoms. The number of aryl methyl sites for hydroxylation is 1. The monoisotopic (exact) mass is 446 g/mol. The van der Waals surface area contributed by atoms with Gasteiger partial charge >= 0.3 is 6.18 Å². The van der Waals surface area contributed by atoms with Crippen molar-refractivity contribution in [2.24, 2.45) is 0 Å². The number of carbonyl (C=O) groups excluding carboxylic acids is 2. The lowest BCUT2D eigenvalue weighted by Gasteiger charge is -2.12. The van der Waals surface area contributed by atoms with Crippen molar-refractivity contribution < 1.29 is 22.8 Å². The predicted octanol–water partition coefficient (Wildman–Crippen LogP) is 3.68. The third-order valence-corrected chi connectivity index (χ3v) is 4.80. The topological polar surface area (TPSA) is 93.1 Å². The van der Waals surface area contributed by atoms with Crippen molar-refractivity contribution in [3.63, 3.8) is 0 Å². The van der Waals surface area contributed by atoms with Crippen LogP contribution in [-0.4, -0.2) is 21.6 Å². The number of hydrogen-bond donors (Lipinski definition) is 2. The highest BCUT2D eigenvalue weighted by Gasteiger charge is 2.31. The molecule has 0 fully saturated rings. The number of hydrogen-bond acceptors (Lipinski definition) is 4. The lowest BCUT2D eigenvalue weighted by Crippen LogP contribution is -2.42. The fraction of sp³-hybridized carbons (Fsp3) is 0.273. The molecule has 0 radical (unpaired) electrons. The second kappa shape index (κ2) is 9.63. The summed E-state index contributed by atoms with van der Waals surface area (Å²) >= 11 is 0. The molecule has 0 saturated carbocycles. The Morgan fingerprint density at radius 3 is 2.34 bits per heavy atom. The standard InChI is InChI=1S/C22H21F3N4O3/c1-2-3-6-12-29-21(32)17-11-5-4-10-16(17)18(28-29)20(31)27-26-19(30)14-8-7-9-15(13-14)22(23,24)25/h4-5,7-11,13H,2-3,6,12H2,1H3,(H,26,30)(H,27,31). The third-order valence-electron chi connectivity index (χ3n) is 4.80. The maximum absolute atomic E-state index is 12.9. The summed E-state index contributed by atoms with van der Waals surface area (Å²) in [5, 5.41) is 4.76. The molecule has 1 aromatic heterocycles. The Morgan fingerprint density at radius 2 is 1.66 bits per heavy atom. The number of nitrogens with zero attached hydrogens (tertiary/aromatic N) is 2. The first kappa shape index (κ1) is 23.0. The fourth-order valence-electron chi connectivity index (χ4n) is 3.15. The van der Waals surface area contributed by atoms with E-state index in [2.05, 4.69) is 16.0 Å². The van der Waals surface area contributed by atoms with Crippen LogP contribution >= 0.6 is 0 Å². The van der Waals surface area contributed by atoms with Gasteiger partial charge in [0.25, 0.3) is 17.4 Å². The third kappa shape index (κ3) is 5.13. The van der Waals surface area contributed by atoms with Gasteiger partial charge < -0.3 is 0 Å². The molecule has 7 nitrogen and oxygen atoms in total. The van der Waals surface area contributed by atoms with Crippen LogP contribution in [0.3, 0.4) is 0 Å². The van der Waals surface area contributed by atoms with Crippen molar-refractivity contribution in [2.45, 2.75) is 38.9 Å². The van der Waals surface area contributed by atoms with Crippen LogP contribution in [-0.2, 0) is 12.7 Å². The van der Waals surface area contributed by atoms with Crippen LogP contribution in [0.4, 0.5) is 13.2 Å². The molecular formula is C22H21F3N4O3. The van der Waals surface area contributed by atoms with E-state index in [4.69, 9.17) is 0 Å². The Balaban J connectivity index is 1.83. The molecule has 2 aromatic carbocycles. The maximum Gasteiger partial charge on any atom is 0.416 e. The minimum absolute atomic E-state index is 0.0824. The van der Waals surface area contributed by atoms with Gasteiger partial charge in [0.15, 0.2) is 5.69 Å². The van der Waals surface area contributed by atoms with Gasteiger partial charge in [0.2, 0.25) is 0 Å². The molecule has 0 saturated heterocycles. The zero-order chi connectivity index (χ0) is 23.3. The molecule has 0 bridgehead atoms. The van der Waals surface area contributed by atoms with Crippen LogP contribution in [0, 0.1) is 0 Å². The summed E-state index contributed by atoms with van der Waals surface area (Å²) < 4.78 is 39.8. The minimum atomic E-state index is -4.60. The highest BCUT2D eigenvalue weighted by Crippen LogP contribution is 2.29. The van der Waals surface area contributed by atoms with Gasteiger partial charge in [-0.2, -0.15) is 18.3 Å². The largest absolute Gasteiger partial charge is 0.416 e. The Bertz CT molecular complexity index is 1200. The van der Waals surface area contributed by atoms with Crippen LogP contribution in [0.5, 0.6) is 0 Å². The molecular weight excluding hydrogens is 425 g/mol.